The molecule has 0 aromatic carbocycles. The monoisotopic (exact) mass is 152 g/mol. The van der Waals surface area contributed by atoms with E-state index in [4.69, 9.17) is 0 Å². The first-order valence-electron chi connectivity index (χ1n) is 4.05. The van der Waals surface area contributed by atoms with E-state index in [2.05, 4.69) is 19.1 Å². The maximum absolute atomic E-state index is 9.98. The Morgan fingerprint density at radius 1 is 1.36 bits per heavy atom. The molecule has 0 aromatic rings. The van der Waals surface area contributed by atoms with E-state index >= 15 is 0 Å². The summed E-state index contributed by atoms with van der Waals surface area (Å²) in [5.74, 6) is 0. The standard InChI is InChI=1S/C10H16O/c1-3-4-5-7-10(2)8-6-9-11/h4-5,8-9H,3,6-7H2,1-2H3/b5-4-,10-8-. The molecule has 0 aromatic heterocycles. The average Bonchev–Trinajstić information content (AvgIpc) is 2.01. The molecule has 11 heavy (non-hydrogen) atoms. The van der Waals surface area contributed by atoms with Crippen LogP contribution in [0.2, 0.25) is 0 Å². The molecule has 0 rings (SSSR count). The van der Waals surface area contributed by atoms with Crippen LogP contribution in [0.4, 0.5) is 0 Å². The van der Waals surface area contributed by atoms with Crippen LogP contribution in [0.3, 0.4) is 0 Å². The zero-order valence-electron chi connectivity index (χ0n) is 7.34. The lowest BCUT2D eigenvalue weighted by atomic mass is 10.2. The highest BCUT2D eigenvalue weighted by Gasteiger charge is 1.83. The van der Waals surface area contributed by atoms with Crippen LogP contribution < -0.4 is 0 Å². The number of aldehydes is 1. The van der Waals surface area contributed by atoms with Crippen molar-refractivity contribution in [3.63, 3.8) is 0 Å². The Hall–Kier alpha value is -0.850. The molecule has 0 saturated carbocycles. The minimum absolute atomic E-state index is 0.547. The van der Waals surface area contributed by atoms with Crippen LogP contribution in [0.5, 0.6) is 0 Å². The summed E-state index contributed by atoms with van der Waals surface area (Å²) in [4.78, 5) is 9.98. The minimum atomic E-state index is 0.547. The van der Waals surface area contributed by atoms with Crippen LogP contribution >= 0.6 is 0 Å². The van der Waals surface area contributed by atoms with Crippen LogP contribution in [-0.2, 0) is 4.79 Å². The molecule has 0 aliphatic rings. The Morgan fingerprint density at radius 2 is 2.09 bits per heavy atom. The Bertz CT molecular complexity index is 154. The Morgan fingerprint density at radius 3 is 2.64 bits per heavy atom. The summed E-state index contributed by atoms with van der Waals surface area (Å²) in [7, 11) is 0. The molecule has 0 heterocycles. The minimum Gasteiger partial charge on any atom is -0.303 e. The fourth-order valence-electron chi connectivity index (χ4n) is 0.769. The number of allylic oxidation sites excluding steroid dienone is 4. The molecular formula is C10H16O. The maximum atomic E-state index is 9.98. The summed E-state index contributed by atoms with van der Waals surface area (Å²) >= 11 is 0. The van der Waals surface area contributed by atoms with Gasteiger partial charge in [-0.25, -0.2) is 0 Å². The summed E-state index contributed by atoms with van der Waals surface area (Å²) in [5, 5.41) is 0. The van der Waals surface area contributed by atoms with Gasteiger partial charge in [-0.15, -0.1) is 0 Å². The quantitative estimate of drug-likeness (QED) is 0.437. The number of hydrogen-bond donors (Lipinski definition) is 0. The van der Waals surface area contributed by atoms with Crippen LogP contribution in [0.1, 0.15) is 33.1 Å². The Labute approximate surface area is 68.8 Å². The normalized spacial score (nSPS) is 12.4. The van der Waals surface area contributed by atoms with Gasteiger partial charge in [0.2, 0.25) is 0 Å². The summed E-state index contributed by atoms with van der Waals surface area (Å²) in [6.45, 7) is 4.16. The van der Waals surface area contributed by atoms with Gasteiger partial charge in [0.05, 0.1) is 0 Å². The third-order valence-corrected chi connectivity index (χ3v) is 1.40. The molecule has 0 N–H and O–H groups in total. The molecule has 0 amide bonds. The number of carbonyl (C=O) groups is 1. The topological polar surface area (TPSA) is 17.1 Å². The molecule has 0 bridgehead atoms. The molecular weight excluding hydrogens is 136 g/mol. The first-order valence-corrected chi connectivity index (χ1v) is 4.05. The van der Waals surface area contributed by atoms with Crippen molar-refractivity contribution in [3.05, 3.63) is 23.8 Å². The smallest absolute Gasteiger partial charge is 0.123 e. The molecule has 1 heteroatoms. The zero-order chi connectivity index (χ0) is 8.53. The Kier molecular flexibility index (Phi) is 6.70. The third kappa shape index (κ3) is 7.04. The van der Waals surface area contributed by atoms with Crippen molar-refractivity contribution >= 4 is 6.29 Å². The van der Waals surface area contributed by atoms with Crippen molar-refractivity contribution in [3.8, 4) is 0 Å². The highest BCUT2D eigenvalue weighted by Crippen LogP contribution is 2.01. The van der Waals surface area contributed by atoms with E-state index in [1.807, 2.05) is 13.0 Å². The molecule has 0 saturated heterocycles. The van der Waals surface area contributed by atoms with Crippen molar-refractivity contribution in [2.45, 2.75) is 33.1 Å². The van der Waals surface area contributed by atoms with Crippen LogP contribution in [-0.4, -0.2) is 6.29 Å². The average molecular weight is 152 g/mol. The van der Waals surface area contributed by atoms with E-state index in [0.29, 0.717) is 6.42 Å². The summed E-state index contributed by atoms with van der Waals surface area (Å²) in [6, 6.07) is 0. The Balaban J connectivity index is 3.58. The second kappa shape index (κ2) is 7.26. The van der Waals surface area contributed by atoms with Crippen molar-refractivity contribution in [1.29, 1.82) is 0 Å². The van der Waals surface area contributed by atoms with Gasteiger partial charge in [-0.1, -0.05) is 30.7 Å². The van der Waals surface area contributed by atoms with E-state index < -0.39 is 0 Å². The predicted octanol–water partition coefficient (Wildman–Crippen LogP) is 2.88. The van der Waals surface area contributed by atoms with Gasteiger partial charge in [0.25, 0.3) is 0 Å². The van der Waals surface area contributed by atoms with Gasteiger partial charge in [-0.05, 0) is 19.8 Å². The number of hydrogen-bond acceptors (Lipinski definition) is 1. The number of carbonyl (C=O) groups excluding carboxylic acids is 1. The largest absolute Gasteiger partial charge is 0.303 e. The lowest BCUT2D eigenvalue weighted by molar-refractivity contribution is -0.107. The summed E-state index contributed by atoms with van der Waals surface area (Å²) in [5.41, 5.74) is 1.27. The predicted molar refractivity (Wildman–Crippen MR) is 48.5 cm³/mol. The van der Waals surface area contributed by atoms with Gasteiger partial charge in [0.1, 0.15) is 6.29 Å². The van der Waals surface area contributed by atoms with Crippen molar-refractivity contribution in [1.82, 2.24) is 0 Å². The van der Waals surface area contributed by atoms with Gasteiger partial charge in [0.15, 0.2) is 0 Å². The highest BCUT2D eigenvalue weighted by atomic mass is 16.1. The fraction of sp³-hybridized carbons (Fsp3) is 0.500. The second-order valence-corrected chi connectivity index (χ2v) is 2.54. The van der Waals surface area contributed by atoms with E-state index in [9.17, 15) is 4.79 Å². The van der Waals surface area contributed by atoms with Crippen molar-refractivity contribution in [2.24, 2.45) is 0 Å². The van der Waals surface area contributed by atoms with Gasteiger partial charge >= 0.3 is 0 Å². The van der Waals surface area contributed by atoms with E-state index in [-0.39, 0.29) is 0 Å². The SMILES string of the molecule is CC/C=C\C/C(C)=C\CC=O. The first-order chi connectivity index (χ1) is 5.31. The van der Waals surface area contributed by atoms with Gasteiger partial charge in [-0.2, -0.15) is 0 Å². The molecule has 0 unspecified atom stereocenters. The lowest BCUT2D eigenvalue weighted by Crippen LogP contribution is -1.74. The molecule has 1 nitrogen and oxygen atoms in total. The molecule has 0 radical (unpaired) electrons. The fourth-order valence-corrected chi connectivity index (χ4v) is 0.769. The van der Waals surface area contributed by atoms with Crippen LogP contribution in [0.15, 0.2) is 23.8 Å². The first kappa shape index (κ1) is 10.2. The molecule has 0 fully saturated rings. The van der Waals surface area contributed by atoms with Gasteiger partial charge in [0, 0.05) is 6.42 Å². The van der Waals surface area contributed by atoms with E-state index in [0.717, 1.165) is 19.1 Å². The van der Waals surface area contributed by atoms with Gasteiger partial charge in [-0.3, -0.25) is 0 Å². The van der Waals surface area contributed by atoms with Crippen LogP contribution in [0.25, 0.3) is 0 Å². The lowest BCUT2D eigenvalue weighted by Gasteiger charge is -1.91. The zero-order valence-corrected chi connectivity index (χ0v) is 7.34. The third-order valence-electron chi connectivity index (χ3n) is 1.40. The summed E-state index contributed by atoms with van der Waals surface area (Å²) < 4.78 is 0. The molecule has 0 atom stereocenters. The van der Waals surface area contributed by atoms with E-state index in [1.165, 1.54) is 5.57 Å². The van der Waals surface area contributed by atoms with Crippen molar-refractivity contribution < 1.29 is 4.79 Å². The summed E-state index contributed by atoms with van der Waals surface area (Å²) in [6.07, 6.45) is 9.77. The van der Waals surface area contributed by atoms with E-state index in [1.54, 1.807) is 0 Å². The molecule has 62 valence electrons. The highest BCUT2D eigenvalue weighted by molar-refractivity contribution is 5.52. The van der Waals surface area contributed by atoms with Crippen molar-refractivity contribution in [2.75, 3.05) is 0 Å². The second-order valence-electron chi connectivity index (χ2n) is 2.54. The number of rotatable bonds is 5. The maximum Gasteiger partial charge on any atom is 0.123 e. The molecule has 0 aliphatic carbocycles. The van der Waals surface area contributed by atoms with Gasteiger partial charge < -0.3 is 4.79 Å². The molecule has 0 spiro atoms. The van der Waals surface area contributed by atoms with Crippen LogP contribution in [0, 0.1) is 0 Å². The molecule has 0 aliphatic heterocycles.